The monoisotopic (exact) mass is 781 g/mol. The molecule has 5 aliphatic rings. The fourth-order valence-electron chi connectivity index (χ4n) is 10.4. The van der Waals surface area contributed by atoms with Gasteiger partial charge in [-0.15, -0.1) is 0 Å². The maximum absolute atomic E-state index is 15.6. The van der Waals surface area contributed by atoms with E-state index in [9.17, 15) is 18.0 Å². The molecule has 13 heteroatoms. The van der Waals surface area contributed by atoms with Crippen LogP contribution in [0.15, 0.2) is 60.0 Å². The molecule has 4 saturated heterocycles. The van der Waals surface area contributed by atoms with Crippen LogP contribution < -0.4 is 10.2 Å². The van der Waals surface area contributed by atoms with Crippen LogP contribution in [0.4, 0.5) is 19.3 Å². The van der Waals surface area contributed by atoms with Gasteiger partial charge < -0.3 is 29.7 Å². The number of ether oxygens (including phenoxy) is 1. The Bertz CT molecular complexity index is 1810. The van der Waals surface area contributed by atoms with E-state index >= 15 is 8.78 Å². The normalized spacial score (nSPS) is 25.7. The molecule has 4 atom stereocenters. The van der Waals surface area contributed by atoms with Gasteiger partial charge in [0.1, 0.15) is 11.6 Å². The second-order valence-electron chi connectivity index (χ2n) is 16.6. The average Bonchev–Trinajstić information content (AvgIpc) is 3.45. The molecule has 1 unspecified atom stereocenters. The van der Waals surface area contributed by atoms with Gasteiger partial charge in [0.15, 0.2) is 9.84 Å². The smallest absolute Gasteiger partial charge is 0.407 e. The number of likely N-dealkylation sites (tertiary alicyclic amines) is 3. The van der Waals surface area contributed by atoms with Crippen molar-refractivity contribution in [2.24, 2.45) is 17.8 Å². The van der Waals surface area contributed by atoms with Crippen molar-refractivity contribution in [3.05, 3.63) is 72.3 Å². The van der Waals surface area contributed by atoms with Gasteiger partial charge in [-0.25, -0.2) is 22.0 Å². The Morgan fingerprint density at radius 1 is 0.909 bits per heavy atom. The summed E-state index contributed by atoms with van der Waals surface area (Å²) in [6, 6.07) is 11.4. The predicted octanol–water partition coefficient (Wildman–Crippen LogP) is 5.62. The minimum Gasteiger partial charge on any atom is -0.453 e. The summed E-state index contributed by atoms with van der Waals surface area (Å²) in [6.45, 7) is 11.1. The summed E-state index contributed by atoms with van der Waals surface area (Å²) in [5.74, 6) is -0.237. The molecule has 5 fully saturated rings. The van der Waals surface area contributed by atoms with Crippen LogP contribution in [0.3, 0.4) is 0 Å². The zero-order valence-electron chi connectivity index (χ0n) is 32.1. The number of anilines is 1. The molecule has 1 saturated carbocycles. The number of hydrogen-bond donors (Lipinski definition) is 1. The number of carbonyl (C=O) groups excluding carboxylic acids is 2. The quantitative estimate of drug-likeness (QED) is 0.277. The van der Waals surface area contributed by atoms with Crippen LogP contribution in [0.1, 0.15) is 63.4 Å². The SMILES string of the molecule is C=CC(=O)N1CCCC[C@@H](S(=O)(=O)c2ccc(N3CC(CN4CCC(C(CN5CCC5)(c5cccc(F)c5)[C@H]5CCC[C@@H]5NC(=O)OC)CC4)C3)c(F)c2)C1. The zero-order valence-corrected chi connectivity index (χ0v) is 33.0. The number of hydrogen-bond acceptors (Lipinski definition) is 8. The van der Waals surface area contributed by atoms with Gasteiger partial charge in [-0.2, -0.15) is 0 Å². The van der Waals surface area contributed by atoms with E-state index in [0.717, 1.165) is 95.8 Å². The highest BCUT2D eigenvalue weighted by Crippen LogP contribution is 2.51. The Balaban J connectivity index is 0.997. The van der Waals surface area contributed by atoms with Crippen molar-refractivity contribution in [2.45, 2.75) is 79.4 Å². The Morgan fingerprint density at radius 3 is 2.36 bits per heavy atom. The number of rotatable bonds is 12. The first-order valence-electron chi connectivity index (χ1n) is 20.3. The molecule has 0 aromatic heterocycles. The Hall–Kier alpha value is -3.55. The van der Waals surface area contributed by atoms with Crippen molar-refractivity contribution in [2.75, 3.05) is 77.5 Å². The average molecular weight is 782 g/mol. The highest BCUT2D eigenvalue weighted by atomic mass is 32.2. The van der Waals surface area contributed by atoms with Gasteiger partial charge in [0.05, 0.1) is 22.9 Å². The maximum atomic E-state index is 15.6. The lowest BCUT2D eigenvalue weighted by Crippen LogP contribution is -2.60. The lowest BCUT2D eigenvalue weighted by atomic mass is 9.57. The molecular formula is C42H57F2N5O5S. The molecule has 7 rings (SSSR count). The molecule has 1 N–H and O–H groups in total. The number of carbonyl (C=O) groups is 2. The number of benzene rings is 2. The fourth-order valence-corrected chi connectivity index (χ4v) is 12.2. The van der Waals surface area contributed by atoms with Crippen molar-refractivity contribution in [1.29, 1.82) is 0 Å². The van der Waals surface area contributed by atoms with Gasteiger partial charge in [0.2, 0.25) is 5.91 Å². The van der Waals surface area contributed by atoms with Crippen LogP contribution in [-0.4, -0.2) is 119 Å². The summed E-state index contributed by atoms with van der Waals surface area (Å²) in [6.07, 6.45) is 8.57. The number of alkyl carbamates (subject to hydrolysis) is 1. The van der Waals surface area contributed by atoms with Crippen LogP contribution in [0.2, 0.25) is 0 Å². The van der Waals surface area contributed by atoms with Gasteiger partial charge in [-0.05, 0) is 125 Å². The summed E-state index contributed by atoms with van der Waals surface area (Å²) in [5, 5.41) is 2.38. The lowest BCUT2D eigenvalue weighted by molar-refractivity contribution is -0.125. The summed E-state index contributed by atoms with van der Waals surface area (Å²) in [4.78, 5) is 33.3. The molecular weight excluding hydrogens is 725 g/mol. The summed E-state index contributed by atoms with van der Waals surface area (Å²) >= 11 is 0. The summed E-state index contributed by atoms with van der Waals surface area (Å²) in [5.41, 5.74) is 1.13. The number of halogens is 2. The van der Waals surface area contributed by atoms with E-state index in [1.807, 2.05) is 11.0 Å². The van der Waals surface area contributed by atoms with E-state index in [1.165, 1.54) is 30.2 Å². The first kappa shape index (κ1) is 39.7. The van der Waals surface area contributed by atoms with E-state index in [4.69, 9.17) is 4.74 Å². The standard InChI is InChI=1S/C42H57F2N5O5S/c1-3-40(50)48-20-5-4-11-35(28-48)55(52,53)34-14-15-39(37(44)24-34)49-26-30(27-49)25-46-21-16-31(17-22-46)42(29-47-18-8-19-47,32-9-6-10-33(43)23-32)36-12-7-13-38(36)45-41(51)54-2/h3,6,9-10,14-15,23-24,30-31,35-36,38H,1,4-5,7-8,11-13,16-22,25-29H2,2H3,(H,45,51)/t35-,36+,38+,42?/m1/s1. The first-order valence-corrected chi connectivity index (χ1v) is 21.8. The van der Waals surface area contributed by atoms with Gasteiger partial charge in [-0.3, -0.25) is 4.79 Å². The molecule has 0 spiro atoms. The molecule has 2 aromatic carbocycles. The van der Waals surface area contributed by atoms with Crippen LogP contribution >= 0.6 is 0 Å². The molecule has 55 heavy (non-hydrogen) atoms. The molecule has 0 radical (unpaired) electrons. The Morgan fingerprint density at radius 2 is 1.69 bits per heavy atom. The lowest BCUT2D eigenvalue weighted by Gasteiger charge is -2.54. The van der Waals surface area contributed by atoms with Crippen molar-refractivity contribution in [3.8, 4) is 0 Å². The second-order valence-corrected chi connectivity index (χ2v) is 18.8. The van der Waals surface area contributed by atoms with Gasteiger partial charge in [-0.1, -0.05) is 31.6 Å². The molecule has 4 heterocycles. The van der Waals surface area contributed by atoms with E-state index < -0.39 is 27.0 Å². The molecule has 1 aliphatic carbocycles. The van der Waals surface area contributed by atoms with E-state index in [-0.39, 0.29) is 40.5 Å². The largest absolute Gasteiger partial charge is 0.453 e. The van der Waals surface area contributed by atoms with Gasteiger partial charge >= 0.3 is 6.09 Å². The van der Waals surface area contributed by atoms with Gasteiger partial charge in [0.25, 0.3) is 0 Å². The zero-order chi connectivity index (χ0) is 38.7. The van der Waals surface area contributed by atoms with Crippen molar-refractivity contribution in [1.82, 2.24) is 20.0 Å². The highest BCUT2D eigenvalue weighted by molar-refractivity contribution is 7.92. The van der Waals surface area contributed by atoms with Gasteiger partial charge in [0, 0.05) is 56.6 Å². The highest BCUT2D eigenvalue weighted by Gasteiger charge is 2.53. The summed E-state index contributed by atoms with van der Waals surface area (Å²) < 4.78 is 62.8. The number of piperidine rings is 1. The third-order valence-electron chi connectivity index (χ3n) is 13.4. The summed E-state index contributed by atoms with van der Waals surface area (Å²) in [7, 11) is -2.44. The minimum atomic E-state index is -3.84. The molecule has 4 aliphatic heterocycles. The minimum absolute atomic E-state index is 0.0410. The predicted molar refractivity (Wildman–Crippen MR) is 209 cm³/mol. The van der Waals surface area contributed by atoms with E-state index in [1.54, 1.807) is 12.1 Å². The van der Waals surface area contributed by atoms with Crippen LogP contribution in [0.25, 0.3) is 0 Å². The second kappa shape index (κ2) is 16.9. The van der Waals surface area contributed by atoms with Crippen molar-refractivity contribution >= 4 is 27.5 Å². The maximum Gasteiger partial charge on any atom is 0.407 e. The molecule has 2 aromatic rings. The number of nitrogens with zero attached hydrogens (tertiary/aromatic N) is 4. The molecule has 10 nitrogen and oxygen atoms in total. The third-order valence-corrected chi connectivity index (χ3v) is 15.6. The van der Waals surface area contributed by atoms with E-state index in [2.05, 4.69) is 27.8 Å². The number of nitrogens with one attached hydrogen (secondary N) is 1. The van der Waals surface area contributed by atoms with Crippen molar-refractivity contribution < 1.29 is 31.5 Å². The van der Waals surface area contributed by atoms with Crippen LogP contribution in [0, 0.1) is 29.4 Å². The number of sulfone groups is 1. The first-order chi connectivity index (χ1) is 26.5. The fraction of sp³-hybridized carbons (Fsp3) is 0.619. The van der Waals surface area contributed by atoms with E-state index in [0.29, 0.717) is 50.0 Å². The van der Waals surface area contributed by atoms with Crippen LogP contribution in [0.5, 0.6) is 0 Å². The molecule has 2 amide bonds. The van der Waals surface area contributed by atoms with Crippen molar-refractivity contribution in [3.63, 3.8) is 0 Å². The third kappa shape index (κ3) is 8.30. The number of methoxy groups -OCH3 is 1. The molecule has 300 valence electrons. The Labute approximate surface area is 325 Å². The van der Waals surface area contributed by atoms with Crippen LogP contribution in [-0.2, 0) is 24.8 Å². The molecule has 0 bridgehead atoms. The topological polar surface area (TPSA) is 103 Å². The Kier molecular flexibility index (Phi) is 12.2. The number of amides is 2.